The predicted molar refractivity (Wildman–Crippen MR) is 97.4 cm³/mol. The molecule has 0 spiro atoms. The fourth-order valence-electron chi connectivity index (χ4n) is 2.82. The zero-order chi connectivity index (χ0) is 18.1. The van der Waals surface area contributed by atoms with Gasteiger partial charge in [0.05, 0.1) is 13.0 Å². The Bertz CT molecular complexity index is 541. The van der Waals surface area contributed by atoms with Crippen molar-refractivity contribution in [3.63, 3.8) is 0 Å². The van der Waals surface area contributed by atoms with Crippen LogP contribution in [-0.4, -0.2) is 24.9 Å². The molecule has 0 aromatic rings. The third-order valence-corrected chi connectivity index (χ3v) is 4.19. The molecular weight excluding hydrogens is 302 g/mol. The fraction of sp³-hybridized carbons (Fsp3) is 0.600. The molecule has 1 rings (SSSR count). The number of hydrogen-bond acceptors (Lipinski definition) is 4. The summed E-state index contributed by atoms with van der Waals surface area (Å²) in [5.41, 5.74) is 3.55. The molecule has 1 atom stereocenters. The maximum atomic E-state index is 11.9. The molecule has 1 unspecified atom stereocenters. The van der Waals surface area contributed by atoms with Crippen LogP contribution >= 0.6 is 0 Å². The Balaban J connectivity index is 2.89. The molecule has 0 amide bonds. The third-order valence-electron chi connectivity index (χ3n) is 4.19. The Morgan fingerprint density at radius 3 is 2.62 bits per heavy atom. The van der Waals surface area contributed by atoms with E-state index in [1.165, 1.54) is 11.1 Å². The number of rotatable bonds is 9. The number of carbonyl (C=O) groups is 2. The van der Waals surface area contributed by atoms with E-state index >= 15 is 0 Å². The summed E-state index contributed by atoms with van der Waals surface area (Å²) in [5.74, 6) is 0.427. The van der Waals surface area contributed by atoms with Gasteiger partial charge in [-0.05, 0) is 50.3 Å². The maximum absolute atomic E-state index is 11.9. The molecule has 134 valence electrons. The highest BCUT2D eigenvalue weighted by Gasteiger charge is 2.23. The average Bonchev–Trinajstić information content (AvgIpc) is 2.97. The number of Topliss-reactive ketones (excluding diaryl/α,β-unsaturated/α-hetero) is 1. The largest absolute Gasteiger partial charge is 0.466 e. The van der Waals surface area contributed by atoms with Gasteiger partial charge in [0.15, 0.2) is 0 Å². The second kappa shape index (κ2) is 10.1. The lowest BCUT2D eigenvalue weighted by molar-refractivity contribution is -0.144. The SMILES string of the molecule is C/C=C(\C=C1\C=C(C(CCC(C)=O)CC(=O)OCC)NC1)C(C)C. The van der Waals surface area contributed by atoms with Gasteiger partial charge in [-0.3, -0.25) is 4.79 Å². The number of carbonyl (C=O) groups excluding carboxylic acids is 2. The molecule has 0 aliphatic carbocycles. The molecule has 1 heterocycles. The zero-order valence-electron chi connectivity index (χ0n) is 15.6. The number of esters is 1. The van der Waals surface area contributed by atoms with E-state index in [0.717, 1.165) is 12.2 Å². The van der Waals surface area contributed by atoms with E-state index in [2.05, 4.69) is 44.3 Å². The molecule has 0 fully saturated rings. The van der Waals surface area contributed by atoms with E-state index in [4.69, 9.17) is 4.74 Å². The van der Waals surface area contributed by atoms with Gasteiger partial charge in [-0.1, -0.05) is 26.0 Å². The third kappa shape index (κ3) is 6.73. The fourth-order valence-corrected chi connectivity index (χ4v) is 2.82. The molecule has 0 saturated carbocycles. The molecule has 0 bridgehead atoms. The molecule has 4 nitrogen and oxygen atoms in total. The lowest BCUT2D eigenvalue weighted by Crippen LogP contribution is -2.21. The van der Waals surface area contributed by atoms with Crippen molar-refractivity contribution in [2.75, 3.05) is 13.2 Å². The Morgan fingerprint density at radius 1 is 1.38 bits per heavy atom. The van der Waals surface area contributed by atoms with Gasteiger partial charge in [-0.2, -0.15) is 0 Å². The van der Waals surface area contributed by atoms with E-state index in [0.29, 0.717) is 31.8 Å². The van der Waals surface area contributed by atoms with Gasteiger partial charge < -0.3 is 14.8 Å². The van der Waals surface area contributed by atoms with Gasteiger partial charge >= 0.3 is 5.97 Å². The monoisotopic (exact) mass is 333 g/mol. The first kappa shape index (κ1) is 20.2. The van der Waals surface area contributed by atoms with Crippen LogP contribution in [0, 0.1) is 11.8 Å². The standard InChI is InChI=1S/C20H31NO3/c1-6-17(14(3)4)10-16-11-19(21-13-16)18(9-8-15(5)22)12-20(23)24-7-2/h6,10-11,14,18,21H,7-9,12-13H2,1-5H3/b16-10-,17-6+. The molecule has 1 N–H and O–H groups in total. The van der Waals surface area contributed by atoms with Gasteiger partial charge in [-0.15, -0.1) is 0 Å². The summed E-state index contributed by atoms with van der Waals surface area (Å²) in [5, 5.41) is 3.39. The van der Waals surface area contributed by atoms with Crippen LogP contribution < -0.4 is 5.32 Å². The lowest BCUT2D eigenvalue weighted by Gasteiger charge is -2.17. The first-order valence-electron chi connectivity index (χ1n) is 8.84. The van der Waals surface area contributed by atoms with E-state index in [-0.39, 0.29) is 17.7 Å². The number of ketones is 1. The van der Waals surface area contributed by atoms with Gasteiger partial charge in [0.25, 0.3) is 0 Å². The van der Waals surface area contributed by atoms with Crippen molar-refractivity contribution >= 4 is 11.8 Å². The van der Waals surface area contributed by atoms with E-state index in [1.807, 2.05) is 0 Å². The Morgan fingerprint density at radius 2 is 2.08 bits per heavy atom. The molecule has 24 heavy (non-hydrogen) atoms. The molecular formula is C20H31NO3. The zero-order valence-corrected chi connectivity index (χ0v) is 15.6. The second-order valence-electron chi connectivity index (χ2n) is 6.56. The van der Waals surface area contributed by atoms with Crippen molar-refractivity contribution < 1.29 is 14.3 Å². The van der Waals surface area contributed by atoms with Crippen molar-refractivity contribution in [3.05, 3.63) is 35.1 Å². The summed E-state index contributed by atoms with van der Waals surface area (Å²) >= 11 is 0. The van der Waals surface area contributed by atoms with Gasteiger partial charge in [0.1, 0.15) is 5.78 Å². The minimum absolute atomic E-state index is 0.00644. The number of ether oxygens (including phenoxy) is 1. The molecule has 0 radical (unpaired) electrons. The summed E-state index contributed by atoms with van der Waals surface area (Å²) in [6.45, 7) is 10.9. The van der Waals surface area contributed by atoms with Crippen LogP contribution in [0.4, 0.5) is 0 Å². The van der Waals surface area contributed by atoms with Crippen molar-refractivity contribution in [2.24, 2.45) is 11.8 Å². The van der Waals surface area contributed by atoms with Crippen molar-refractivity contribution in [2.45, 2.75) is 53.9 Å². The Labute approximate surface area is 146 Å². The highest BCUT2D eigenvalue weighted by Crippen LogP contribution is 2.26. The van der Waals surface area contributed by atoms with Gasteiger partial charge in [-0.25, -0.2) is 0 Å². The highest BCUT2D eigenvalue weighted by molar-refractivity contribution is 5.75. The smallest absolute Gasteiger partial charge is 0.306 e. The van der Waals surface area contributed by atoms with Crippen molar-refractivity contribution in [1.82, 2.24) is 5.32 Å². The van der Waals surface area contributed by atoms with Crippen molar-refractivity contribution in [3.8, 4) is 0 Å². The van der Waals surface area contributed by atoms with Gasteiger partial charge in [0.2, 0.25) is 0 Å². The van der Waals surface area contributed by atoms with E-state index in [9.17, 15) is 9.59 Å². The summed E-state index contributed by atoms with van der Waals surface area (Å²) in [6, 6.07) is 0. The van der Waals surface area contributed by atoms with Crippen LogP contribution in [0.2, 0.25) is 0 Å². The molecule has 4 heteroatoms. The van der Waals surface area contributed by atoms with Gasteiger partial charge in [0, 0.05) is 24.6 Å². The predicted octanol–water partition coefficient (Wildman–Crippen LogP) is 3.94. The normalized spacial score (nSPS) is 17.7. The second-order valence-corrected chi connectivity index (χ2v) is 6.56. The lowest BCUT2D eigenvalue weighted by atomic mass is 9.94. The summed E-state index contributed by atoms with van der Waals surface area (Å²) in [4.78, 5) is 23.2. The van der Waals surface area contributed by atoms with E-state index in [1.54, 1.807) is 13.8 Å². The van der Waals surface area contributed by atoms with Crippen LogP contribution in [-0.2, 0) is 14.3 Å². The topological polar surface area (TPSA) is 55.4 Å². The Kier molecular flexibility index (Phi) is 8.51. The average molecular weight is 333 g/mol. The van der Waals surface area contributed by atoms with Crippen molar-refractivity contribution in [1.29, 1.82) is 0 Å². The number of nitrogens with one attached hydrogen (secondary N) is 1. The molecule has 0 aromatic carbocycles. The van der Waals surface area contributed by atoms with Crippen LogP contribution in [0.3, 0.4) is 0 Å². The van der Waals surface area contributed by atoms with Crippen LogP contribution in [0.1, 0.15) is 53.9 Å². The first-order chi connectivity index (χ1) is 11.4. The summed E-state index contributed by atoms with van der Waals surface area (Å²) in [7, 11) is 0. The molecule has 1 aliphatic rings. The minimum atomic E-state index is -0.206. The molecule has 0 aromatic heterocycles. The quantitative estimate of drug-likeness (QED) is 0.649. The summed E-state index contributed by atoms with van der Waals surface area (Å²) in [6.07, 6.45) is 7.92. The van der Waals surface area contributed by atoms with Crippen LogP contribution in [0.15, 0.2) is 35.1 Å². The number of allylic oxidation sites excluding steroid dienone is 4. The van der Waals surface area contributed by atoms with Crippen LogP contribution in [0.5, 0.6) is 0 Å². The van der Waals surface area contributed by atoms with Crippen LogP contribution in [0.25, 0.3) is 0 Å². The molecule has 0 saturated heterocycles. The number of hydrogen-bond donors (Lipinski definition) is 1. The maximum Gasteiger partial charge on any atom is 0.306 e. The molecule has 1 aliphatic heterocycles. The van der Waals surface area contributed by atoms with E-state index < -0.39 is 0 Å². The Hall–Kier alpha value is -1.84. The minimum Gasteiger partial charge on any atom is -0.466 e. The first-order valence-corrected chi connectivity index (χ1v) is 8.84. The highest BCUT2D eigenvalue weighted by atomic mass is 16.5. The summed E-state index contributed by atoms with van der Waals surface area (Å²) < 4.78 is 5.08.